The molecule has 1 aliphatic heterocycles. The molecule has 1 aliphatic rings. The van der Waals surface area contributed by atoms with Crippen molar-refractivity contribution < 1.29 is 27.5 Å². The molecule has 1 N–H and O–H groups in total. The summed E-state index contributed by atoms with van der Waals surface area (Å²) in [5.41, 5.74) is -0.360. The van der Waals surface area contributed by atoms with Crippen LogP contribution in [0.2, 0.25) is 0 Å². The molecule has 1 aromatic rings. The first-order valence-electron chi connectivity index (χ1n) is 7.06. The average molecular weight is 341 g/mol. The first-order valence-corrected chi connectivity index (χ1v) is 8.88. The standard InChI is InChI=1S/C15H19NO6S/c1-15(7-8-23(19,20)10-15)16-13(17)9-22-12-5-3-11(4-6-12)14(18)21-2/h3-6H,7-10H2,1-2H3,(H,16,17)/t15-/m0/s1. The fraction of sp³-hybridized carbons (Fsp3) is 0.467. The van der Waals surface area contributed by atoms with Crippen LogP contribution in [0.15, 0.2) is 24.3 Å². The number of benzene rings is 1. The zero-order valence-corrected chi connectivity index (χ0v) is 13.8. The second-order valence-corrected chi connectivity index (χ2v) is 7.94. The number of carbonyl (C=O) groups excluding carboxylic acids is 2. The van der Waals surface area contributed by atoms with Gasteiger partial charge in [-0.3, -0.25) is 4.79 Å². The Balaban J connectivity index is 1.86. The van der Waals surface area contributed by atoms with E-state index in [1.54, 1.807) is 19.1 Å². The third-order valence-corrected chi connectivity index (χ3v) is 5.49. The molecule has 1 amide bonds. The number of nitrogens with one attached hydrogen (secondary N) is 1. The zero-order chi connectivity index (χ0) is 17.1. The molecule has 0 radical (unpaired) electrons. The predicted molar refractivity (Wildman–Crippen MR) is 83.1 cm³/mol. The largest absolute Gasteiger partial charge is 0.484 e. The van der Waals surface area contributed by atoms with Crippen molar-refractivity contribution in [1.82, 2.24) is 5.32 Å². The van der Waals surface area contributed by atoms with Gasteiger partial charge in [-0.05, 0) is 37.6 Å². The maximum atomic E-state index is 11.9. The Morgan fingerprint density at radius 3 is 2.43 bits per heavy atom. The van der Waals surface area contributed by atoms with Crippen LogP contribution in [0.4, 0.5) is 0 Å². The first kappa shape index (κ1) is 17.3. The minimum absolute atomic E-state index is 0.0560. The average Bonchev–Trinajstić information content (AvgIpc) is 2.78. The highest BCUT2D eigenvalue weighted by Gasteiger charge is 2.39. The molecule has 0 spiro atoms. The molecule has 1 heterocycles. The van der Waals surface area contributed by atoms with E-state index in [-0.39, 0.29) is 24.0 Å². The van der Waals surface area contributed by atoms with Crippen LogP contribution in [0.3, 0.4) is 0 Å². The molecule has 1 atom stereocenters. The van der Waals surface area contributed by atoms with Gasteiger partial charge < -0.3 is 14.8 Å². The van der Waals surface area contributed by atoms with Crippen molar-refractivity contribution in [3.8, 4) is 5.75 Å². The van der Waals surface area contributed by atoms with Crippen LogP contribution in [0.25, 0.3) is 0 Å². The molecule has 0 unspecified atom stereocenters. The van der Waals surface area contributed by atoms with Gasteiger partial charge in [0, 0.05) is 0 Å². The van der Waals surface area contributed by atoms with Crippen LogP contribution >= 0.6 is 0 Å². The number of ether oxygens (including phenoxy) is 2. The van der Waals surface area contributed by atoms with E-state index < -0.39 is 21.3 Å². The third kappa shape index (κ3) is 4.69. The van der Waals surface area contributed by atoms with Gasteiger partial charge in [-0.1, -0.05) is 0 Å². The lowest BCUT2D eigenvalue weighted by atomic mass is 10.0. The summed E-state index contributed by atoms with van der Waals surface area (Å²) in [5, 5.41) is 2.70. The van der Waals surface area contributed by atoms with Gasteiger partial charge in [0.15, 0.2) is 16.4 Å². The van der Waals surface area contributed by atoms with Crippen LogP contribution in [0, 0.1) is 0 Å². The molecular formula is C15H19NO6S. The van der Waals surface area contributed by atoms with Crippen molar-refractivity contribution in [1.29, 1.82) is 0 Å². The summed E-state index contributed by atoms with van der Waals surface area (Å²) in [6.45, 7) is 1.48. The number of hydrogen-bond donors (Lipinski definition) is 1. The Hall–Kier alpha value is -2.09. The smallest absolute Gasteiger partial charge is 0.337 e. The number of hydrogen-bond acceptors (Lipinski definition) is 6. The fourth-order valence-electron chi connectivity index (χ4n) is 2.44. The van der Waals surface area contributed by atoms with E-state index >= 15 is 0 Å². The maximum absolute atomic E-state index is 11.9. The number of rotatable bonds is 5. The van der Waals surface area contributed by atoms with Crippen LogP contribution in [-0.2, 0) is 19.4 Å². The van der Waals surface area contributed by atoms with Gasteiger partial charge in [-0.15, -0.1) is 0 Å². The number of methoxy groups -OCH3 is 1. The van der Waals surface area contributed by atoms with Crippen molar-refractivity contribution in [3.05, 3.63) is 29.8 Å². The van der Waals surface area contributed by atoms with Gasteiger partial charge in [-0.2, -0.15) is 0 Å². The number of esters is 1. The summed E-state index contributed by atoms with van der Waals surface area (Å²) in [6, 6.07) is 6.18. The Morgan fingerprint density at radius 1 is 1.26 bits per heavy atom. The van der Waals surface area contributed by atoms with E-state index in [2.05, 4.69) is 10.1 Å². The van der Waals surface area contributed by atoms with E-state index in [0.29, 0.717) is 17.7 Å². The van der Waals surface area contributed by atoms with Gasteiger partial charge >= 0.3 is 5.97 Å². The second kappa shape index (κ2) is 6.57. The van der Waals surface area contributed by atoms with Gasteiger partial charge in [0.1, 0.15) is 5.75 Å². The van der Waals surface area contributed by atoms with Crippen molar-refractivity contribution in [2.75, 3.05) is 25.2 Å². The van der Waals surface area contributed by atoms with E-state index in [0.717, 1.165) is 0 Å². The highest BCUT2D eigenvalue weighted by molar-refractivity contribution is 7.91. The summed E-state index contributed by atoms with van der Waals surface area (Å²) >= 11 is 0. The van der Waals surface area contributed by atoms with Crippen LogP contribution in [-0.4, -0.2) is 51.1 Å². The number of amides is 1. The summed E-state index contributed by atoms with van der Waals surface area (Å²) in [4.78, 5) is 23.2. The second-order valence-electron chi connectivity index (χ2n) is 5.76. The minimum Gasteiger partial charge on any atom is -0.484 e. The van der Waals surface area contributed by atoms with Crippen molar-refractivity contribution in [2.24, 2.45) is 0 Å². The summed E-state index contributed by atoms with van der Waals surface area (Å²) < 4.78 is 32.9. The maximum Gasteiger partial charge on any atom is 0.337 e. The van der Waals surface area contributed by atoms with Gasteiger partial charge in [0.2, 0.25) is 0 Å². The normalized spacial score (nSPS) is 22.3. The number of carbonyl (C=O) groups is 2. The highest BCUT2D eigenvalue weighted by Crippen LogP contribution is 2.22. The quantitative estimate of drug-likeness (QED) is 0.785. The highest BCUT2D eigenvalue weighted by atomic mass is 32.2. The Bertz CT molecular complexity index is 697. The SMILES string of the molecule is COC(=O)c1ccc(OCC(=O)N[C@@]2(C)CCS(=O)(=O)C2)cc1. The van der Waals surface area contributed by atoms with Crippen LogP contribution in [0.5, 0.6) is 5.75 Å². The van der Waals surface area contributed by atoms with Crippen molar-refractivity contribution in [3.63, 3.8) is 0 Å². The molecule has 0 bridgehead atoms. The molecule has 0 saturated carbocycles. The van der Waals surface area contributed by atoms with Gasteiger partial charge in [-0.25, -0.2) is 13.2 Å². The molecule has 0 aromatic heterocycles. The van der Waals surface area contributed by atoms with E-state index in [1.807, 2.05) is 0 Å². The van der Waals surface area contributed by atoms with E-state index in [9.17, 15) is 18.0 Å². The molecule has 7 nitrogen and oxygen atoms in total. The molecule has 1 aromatic carbocycles. The molecule has 8 heteroatoms. The van der Waals surface area contributed by atoms with E-state index in [4.69, 9.17) is 4.74 Å². The summed E-state index contributed by atoms with van der Waals surface area (Å²) in [6.07, 6.45) is 0.398. The minimum atomic E-state index is -3.08. The Morgan fingerprint density at radius 2 is 1.91 bits per heavy atom. The summed E-state index contributed by atoms with van der Waals surface area (Å²) in [7, 11) is -1.79. The van der Waals surface area contributed by atoms with Crippen molar-refractivity contribution in [2.45, 2.75) is 18.9 Å². The Labute approximate surface area is 134 Å². The lowest BCUT2D eigenvalue weighted by Gasteiger charge is -2.23. The lowest BCUT2D eigenvalue weighted by Crippen LogP contribution is -2.48. The molecule has 2 rings (SSSR count). The van der Waals surface area contributed by atoms with Gasteiger partial charge in [0.25, 0.3) is 5.91 Å². The third-order valence-electron chi connectivity index (χ3n) is 3.59. The zero-order valence-electron chi connectivity index (χ0n) is 13.0. The first-order chi connectivity index (χ1) is 10.7. The van der Waals surface area contributed by atoms with Crippen LogP contribution < -0.4 is 10.1 Å². The monoisotopic (exact) mass is 341 g/mol. The predicted octanol–water partition coefficient (Wildman–Crippen LogP) is 0.545. The van der Waals surface area contributed by atoms with Gasteiger partial charge in [0.05, 0.1) is 29.7 Å². The molecule has 1 fully saturated rings. The Kier molecular flexibility index (Phi) is 4.93. The topological polar surface area (TPSA) is 98.8 Å². The van der Waals surface area contributed by atoms with Crippen molar-refractivity contribution >= 4 is 21.7 Å². The van der Waals surface area contributed by atoms with Crippen LogP contribution in [0.1, 0.15) is 23.7 Å². The summed E-state index contributed by atoms with van der Waals surface area (Å²) in [5.74, 6) is -0.387. The van der Waals surface area contributed by atoms with E-state index in [1.165, 1.54) is 19.2 Å². The molecule has 1 saturated heterocycles. The molecule has 0 aliphatic carbocycles. The fourth-order valence-corrected chi connectivity index (χ4v) is 4.53. The lowest BCUT2D eigenvalue weighted by molar-refractivity contribution is -0.124. The molecule has 23 heavy (non-hydrogen) atoms. The molecular weight excluding hydrogens is 322 g/mol. The molecule has 126 valence electrons. The number of sulfone groups is 1.